The first kappa shape index (κ1) is 23.0. The summed E-state index contributed by atoms with van der Waals surface area (Å²) in [6, 6.07) is 0. The molecule has 30 heavy (non-hydrogen) atoms. The van der Waals surface area contributed by atoms with Crippen molar-refractivity contribution in [3.63, 3.8) is 0 Å². The number of ether oxygens (including phenoxy) is 4. The predicted octanol–water partition coefficient (Wildman–Crippen LogP) is 5.62. The van der Waals surface area contributed by atoms with Crippen LogP contribution in [0, 0.1) is 0 Å². The van der Waals surface area contributed by atoms with Gasteiger partial charge in [0, 0.05) is 13.2 Å². The Kier molecular flexibility index (Phi) is 8.49. The van der Waals surface area contributed by atoms with Gasteiger partial charge in [0.2, 0.25) is 0 Å². The normalized spacial score (nSPS) is 30.7. The van der Waals surface area contributed by atoms with Crippen molar-refractivity contribution in [2.45, 2.75) is 145 Å². The summed E-state index contributed by atoms with van der Waals surface area (Å²) in [5, 5.41) is 10.4. The third kappa shape index (κ3) is 7.44. The van der Waals surface area contributed by atoms with Gasteiger partial charge in [-0.2, -0.15) is 0 Å². The minimum absolute atomic E-state index is 0.0373. The Morgan fingerprint density at radius 1 is 0.700 bits per heavy atom. The molecule has 1 N–H and O–H groups in total. The molecule has 2 atom stereocenters. The van der Waals surface area contributed by atoms with E-state index in [1.165, 1.54) is 51.4 Å². The fraction of sp³-hybridized carbons (Fsp3) is 1.00. The van der Waals surface area contributed by atoms with Gasteiger partial charge in [-0.15, -0.1) is 0 Å². The Morgan fingerprint density at radius 2 is 1.17 bits per heavy atom. The van der Waals surface area contributed by atoms with Crippen LogP contribution in [0.3, 0.4) is 0 Å². The molecule has 0 aromatic heterocycles. The Labute approximate surface area is 183 Å². The van der Waals surface area contributed by atoms with E-state index in [-0.39, 0.29) is 29.9 Å². The molecular formula is C25H44O5. The number of hydrogen-bond acceptors (Lipinski definition) is 5. The maximum absolute atomic E-state index is 10.4. The molecule has 2 saturated carbocycles. The van der Waals surface area contributed by atoms with Crippen LogP contribution in [-0.2, 0) is 18.9 Å². The highest BCUT2D eigenvalue weighted by molar-refractivity contribution is 4.96. The van der Waals surface area contributed by atoms with Gasteiger partial charge in [-0.25, -0.2) is 0 Å². The van der Waals surface area contributed by atoms with E-state index in [1.54, 1.807) is 0 Å². The molecule has 174 valence electrons. The lowest BCUT2D eigenvalue weighted by Crippen LogP contribution is -2.29. The van der Waals surface area contributed by atoms with Gasteiger partial charge >= 0.3 is 0 Å². The van der Waals surface area contributed by atoms with Crippen LogP contribution < -0.4 is 0 Å². The molecule has 0 spiro atoms. The monoisotopic (exact) mass is 424 g/mol. The lowest BCUT2D eigenvalue weighted by molar-refractivity contribution is -0.198. The van der Waals surface area contributed by atoms with E-state index in [0.29, 0.717) is 0 Å². The Morgan fingerprint density at radius 3 is 1.53 bits per heavy atom. The van der Waals surface area contributed by atoms with Crippen molar-refractivity contribution >= 4 is 0 Å². The largest absolute Gasteiger partial charge is 0.393 e. The summed E-state index contributed by atoms with van der Waals surface area (Å²) >= 11 is 0. The summed E-state index contributed by atoms with van der Waals surface area (Å²) in [5.41, 5.74) is 0.210. The van der Waals surface area contributed by atoms with Crippen molar-refractivity contribution < 1.29 is 24.1 Å². The summed E-state index contributed by atoms with van der Waals surface area (Å²) in [4.78, 5) is 0. The second kappa shape index (κ2) is 11.1. The number of aliphatic hydroxyl groups is 1. The summed E-state index contributed by atoms with van der Waals surface area (Å²) < 4.78 is 24.0. The van der Waals surface area contributed by atoms with Crippen molar-refractivity contribution in [2.24, 2.45) is 0 Å². The van der Waals surface area contributed by atoms with Gasteiger partial charge in [-0.1, -0.05) is 25.7 Å². The van der Waals surface area contributed by atoms with Crippen molar-refractivity contribution in [2.75, 3.05) is 13.2 Å². The van der Waals surface area contributed by atoms with E-state index >= 15 is 0 Å². The number of hydrogen-bond donors (Lipinski definition) is 1. The highest BCUT2D eigenvalue weighted by Crippen LogP contribution is 2.47. The molecule has 0 amide bonds. The number of rotatable bonds is 14. The van der Waals surface area contributed by atoms with Crippen LogP contribution in [-0.4, -0.2) is 48.2 Å². The third-order valence-electron chi connectivity index (χ3n) is 7.49. The molecule has 4 rings (SSSR count). The molecule has 0 bridgehead atoms. The average Bonchev–Trinajstić information content (AvgIpc) is 3.69. The van der Waals surface area contributed by atoms with E-state index in [0.717, 1.165) is 77.4 Å². The van der Waals surface area contributed by atoms with Gasteiger partial charge in [0.1, 0.15) is 0 Å². The molecule has 2 heterocycles. The first-order valence-electron chi connectivity index (χ1n) is 12.9. The second-order valence-corrected chi connectivity index (χ2v) is 10.3. The molecule has 0 aromatic rings. The van der Waals surface area contributed by atoms with Gasteiger partial charge in [-0.3, -0.25) is 0 Å². The van der Waals surface area contributed by atoms with Crippen molar-refractivity contribution in [1.82, 2.24) is 0 Å². The van der Waals surface area contributed by atoms with E-state index in [4.69, 9.17) is 18.9 Å². The molecule has 0 aromatic carbocycles. The van der Waals surface area contributed by atoms with Crippen LogP contribution in [0.1, 0.15) is 116 Å². The third-order valence-corrected chi connectivity index (χ3v) is 7.49. The maximum Gasteiger partial charge on any atom is 0.158 e. The number of aliphatic hydroxyl groups excluding tert-OH is 1. The first-order chi connectivity index (χ1) is 14.7. The SMILES string of the molecule is OC(CCCCC1(OC2CCCCO2)CC1)CCCCC1(OC2CCCCO2)CC1. The topological polar surface area (TPSA) is 57.2 Å². The Bertz CT molecular complexity index is 446. The van der Waals surface area contributed by atoms with Crippen LogP contribution in [0.25, 0.3) is 0 Å². The van der Waals surface area contributed by atoms with Crippen LogP contribution in [0.15, 0.2) is 0 Å². The van der Waals surface area contributed by atoms with Crippen molar-refractivity contribution in [1.29, 1.82) is 0 Å². The molecule has 2 unspecified atom stereocenters. The van der Waals surface area contributed by atoms with E-state index < -0.39 is 0 Å². The smallest absolute Gasteiger partial charge is 0.158 e. The zero-order valence-corrected chi connectivity index (χ0v) is 19.0. The van der Waals surface area contributed by atoms with Crippen molar-refractivity contribution in [3.8, 4) is 0 Å². The second-order valence-electron chi connectivity index (χ2n) is 10.3. The van der Waals surface area contributed by atoms with E-state index in [9.17, 15) is 5.11 Å². The molecule has 0 radical (unpaired) electrons. The molecule has 2 aliphatic heterocycles. The summed E-state index contributed by atoms with van der Waals surface area (Å²) in [6.07, 6.45) is 20.2. The fourth-order valence-electron chi connectivity index (χ4n) is 5.10. The Balaban J connectivity index is 1.01. The molecular weight excluding hydrogens is 380 g/mol. The minimum atomic E-state index is -0.152. The molecule has 2 aliphatic carbocycles. The van der Waals surface area contributed by atoms with Gasteiger partial charge in [0.15, 0.2) is 12.6 Å². The number of unbranched alkanes of at least 4 members (excludes halogenated alkanes) is 2. The molecule has 5 nitrogen and oxygen atoms in total. The lowest BCUT2D eigenvalue weighted by Gasteiger charge is -2.28. The highest BCUT2D eigenvalue weighted by atomic mass is 16.7. The van der Waals surface area contributed by atoms with Gasteiger partial charge in [-0.05, 0) is 89.9 Å². The highest BCUT2D eigenvalue weighted by Gasteiger charge is 2.46. The molecule has 4 fully saturated rings. The van der Waals surface area contributed by atoms with Gasteiger partial charge in [0.25, 0.3) is 0 Å². The zero-order valence-electron chi connectivity index (χ0n) is 19.0. The molecule has 2 saturated heterocycles. The Hall–Kier alpha value is -0.200. The van der Waals surface area contributed by atoms with Crippen LogP contribution in [0.5, 0.6) is 0 Å². The fourth-order valence-corrected chi connectivity index (χ4v) is 5.10. The molecule has 4 aliphatic rings. The first-order valence-corrected chi connectivity index (χ1v) is 12.9. The predicted molar refractivity (Wildman–Crippen MR) is 116 cm³/mol. The minimum Gasteiger partial charge on any atom is -0.393 e. The van der Waals surface area contributed by atoms with E-state index in [1.807, 2.05) is 0 Å². The summed E-state index contributed by atoms with van der Waals surface area (Å²) in [6.45, 7) is 1.71. The quantitative estimate of drug-likeness (QED) is 0.367. The average molecular weight is 425 g/mol. The van der Waals surface area contributed by atoms with Crippen LogP contribution >= 0.6 is 0 Å². The summed E-state index contributed by atoms with van der Waals surface area (Å²) in [5.74, 6) is 0. The summed E-state index contributed by atoms with van der Waals surface area (Å²) in [7, 11) is 0. The van der Waals surface area contributed by atoms with Crippen molar-refractivity contribution in [3.05, 3.63) is 0 Å². The lowest BCUT2D eigenvalue weighted by atomic mass is 10.0. The van der Waals surface area contributed by atoms with Crippen LogP contribution in [0.2, 0.25) is 0 Å². The zero-order chi connectivity index (χ0) is 20.7. The van der Waals surface area contributed by atoms with Gasteiger partial charge in [0.05, 0.1) is 17.3 Å². The van der Waals surface area contributed by atoms with E-state index in [2.05, 4.69) is 0 Å². The molecule has 5 heteroatoms. The van der Waals surface area contributed by atoms with Gasteiger partial charge < -0.3 is 24.1 Å². The maximum atomic E-state index is 10.4. The van der Waals surface area contributed by atoms with Crippen LogP contribution in [0.4, 0.5) is 0 Å². The standard InChI is InChI=1S/C25H44O5/c26-21(9-1-5-13-24(15-16-24)29-22-11-3-7-19-27-22)10-2-6-14-25(17-18-25)30-23-12-4-8-20-28-23/h21-23,26H,1-20H2.